The van der Waals surface area contributed by atoms with E-state index in [1.54, 1.807) is 12.1 Å². The van der Waals surface area contributed by atoms with Crippen molar-refractivity contribution in [3.63, 3.8) is 0 Å². The van der Waals surface area contributed by atoms with Gasteiger partial charge in [-0.2, -0.15) is 4.98 Å². The minimum absolute atomic E-state index is 0.277. The number of benzene rings is 2. The zero-order valence-corrected chi connectivity index (χ0v) is 15.5. The van der Waals surface area contributed by atoms with Crippen molar-refractivity contribution < 1.29 is 4.74 Å². The van der Waals surface area contributed by atoms with E-state index in [4.69, 9.17) is 27.9 Å². The predicted octanol–water partition coefficient (Wildman–Crippen LogP) is 4.16. The minimum atomic E-state index is -0.316. The van der Waals surface area contributed by atoms with Crippen LogP contribution in [0.1, 0.15) is 29.8 Å². The minimum Gasteiger partial charge on any atom is -0.381 e. The summed E-state index contributed by atoms with van der Waals surface area (Å²) in [6.45, 7) is 1.94. The van der Waals surface area contributed by atoms with Crippen LogP contribution in [0.5, 0.6) is 0 Å². The number of halogens is 2. The van der Waals surface area contributed by atoms with E-state index in [2.05, 4.69) is 27.8 Å². The van der Waals surface area contributed by atoms with E-state index < -0.39 is 0 Å². The molecule has 4 nitrogen and oxygen atoms in total. The summed E-state index contributed by atoms with van der Waals surface area (Å²) in [6.07, 6.45) is 1.60. The molecule has 0 radical (unpaired) electrons. The molecule has 0 bridgehead atoms. The van der Waals surface area contributed by atoms with E-state index in [-0.39, 0.29) is 11.0 Å². The van der Waals surface area contributed by atoms with Crippen molar-refractivity contribution in [1.29, 1.82) is 0 Å². The van der Waals surface area contributed by atoms with Crippen molar-refractivity contribution >= 4 is 34.1 Å². The highest BCUT2D eigenvalue weighted by atomic mass is 35.5. The average Bonchev–Trinajstić information content (AvgIpc) is 2.64. The van der Waals surface area contributed by atoms with Crippen molar-refractivity contribution in [2.24, 2.45) is 0 Å². The first-order valence-electron chi connectivity index (χ1n) is 8.66. The Labute approximate surface area is 160 Å². The first-order chi connectivity index (χ1) is 12.6. The molecule has 1 fully saturated rings. The molecule has 0 N–H and O–H groups in total. The fourth-order valence-electron chi connectivity index (χ4n) is 4.47. The van der Waals surface area contributed by atoms with Gasteiger partial charge in [0.15, 0.2) is 0 Å². The average molecular weight is 387 g/mol. The van der Waals surface area contributed by atoms with Gasteiger partial charge < -0.3 is 9.30 Å². The van der Waals surface area contributed by atoms with Gasteiger partial charge in [0.2, 0.25) is 0 Å². The van der Waals surface area contributed by atoms with Gasteiger partial charge in [-0.25, -0.2) is 0 Å². The molecule has 1 spiro atoms. The van der Waals surface area contributed by atoms with Crippen molar-refractivity contribution in [3.05, 3.63) is 73.7 Å². The highest BCUT2D eigenvalue weighted by molar-refractivity contribution is 6.38. The van der Waals surface area contributed by atoms with E-state index in [0.717, 1.165) is 18.7 Å². The van der Waals surface area contributed by atoms with Gasteiger partial charge in [-0.05, 0) is 36.1 Å². The molecule has 2 aliphatic rings. The second-order valence-electron chi connectivity index (χ2n) is 6.96. The van der Waals surface area contributed by atoms with Gasteiger partial charge in [-0.3, -0.25) is 4.79 Å². The Morgan fingerprint density at radius 1 is 1.12 bits per heavy atom. The van der Waals surface area contributed by atoms with Crippen LogP contribution in [0.25, 0.3) is 10.9 Å². The summed E-state index contributed by atoms with van der Waals surface area (Å²) in [5.41, 5.74) is 2.61. The number of hydrogen-bond acceptors (Lipinski definition) is 3. The summed E-state index contributed by atoms with van der Waals surface area (Å²) < 4.78 is 7.73. The Hall–Kier alpha value is -1.88. The zero-order valence-electron chi connectivity index (χ0n) is 14.0. The van der Waals surface area contributed by atoms with Gasteiger partial charge in [0.1, 0.15) is 5.82 Å². The molecule has 26 heavy (non-hydrogen) atoms. The number of ether oxygens (including phenoxy) is 1. The molecule has 1 aromatic heterocycles. The summed E-state index contributed by atoms with van der Waals surface area (Å²) >= 11 is 12.7. The molecule has 6 heteroatoms. The Morgan fingerprint density at radius 3 is 2.69 bits per heavy atom. The monoisotopic (exact) mass is 386 g/mol. The van der Waals surface area contributed by atoms with E-state index in [9.17, 15) is 4.79 Å². The summed E-state index contributed by atoms with van der Waals surface area (Å²) in [5.74, 6) is 0.793. The Bertz CT molecular complexity index is 1100. The lowest BCUT2D eigenvalue weighted by Gasteiger charge is -2.43. The van der Waals surface area contributed by atoms with Gasteiger partial charge in [-0.15, -0.1) is 0 Å². The Kier molecular flexibility index (Phi) is 3.64. The van der Waals surface area contributed by atoms with Crippen LogP contribution in [0.3, 0.4) is 0 Å². The van der Waals surface area contributed by atoms with Crippen LogP contribution in [0.2, 0.25) is 10.0 Å². The molecule has 3 aromatic rings. The number of hydrogen-bond donors (Lipinski definition) is 0. The maximum Gasteiger partial charge on any atom is 0.280 e. The van der Waals surface area contributed by atoms with Gasteiger partial charge in [0, 0.05) is 24.8 Å². The summed E-state index contributed by atoms with van der Waals surface area (Å²) in [4.78, 5) is 17.4. The quantitative estimate of drug-likeness (QED) is 0.582. The zero-order chi connectivity index (χ0) is 17.9. The van der Waals surface area contributed by atoms with Crippen LogP contribution in [-0.2, 0) is 16.7 Å². The standard InChI is InChI=1S/C20H16Cl2N2O2/c21-13-9-14-17(16(22)10-13)24-11-12-3-1-2-4-15(12)20(5-7-26-8-6-20)19(24)23-18(14)25/h1-4,9-10H,5-8,11H2. The molecular weight excluding hydrogens is 371 g/mol. The lowest BCUT2D eigenvalue weighted by atomic mass is 9.70. The van der Waals surface area contributed by atoms with Crippen molar-refractivity contribution in [2.75, 3.05) is 13.2 Å². The van der Waals surface area contributed by atoms with E-state index in [1.165, 1.54) is 11.1 Å². The lowest BCUT2D eigenvalue weighted by molar-refractivity contribution is 0.0575. The maximum atomic E-state index is 12.8. The molecule has 0 unspecified atom stereocenters. The molecule has 2 aromatic carbocycles. The van der Waals surface area contributed by atoms with E-state index >= 15 is 0 Å². The third-order valence-corrected chi connectivity index (χ3v) is 6.13. The molecule has 132 valence electrons. The topological polar surface area (TPSA) is 44.1 Å². The van der Waals surface area contributed by atoms with Gasteiger partial charge >= 0.3 is 0 Å². The molecule has 0 saturated carbocycles. The molecule has 0 aliphatic carbocycles. The van der Waals surface area contributed by atoms with Crippen LogP contribution in [0, 0.1) is 0 Å². The lowest BCUT2D eigenvalue weighted by Crippen LogP contribution is -2.44. The molecule has 3 heterocycles. The Morgan fingerprint density at radius 2 is 1.88 bits per heavy atom. The fraction of sp³-hybridized carbons (Fsp3) is 0.300. The molecule has 1 saturated heterocycles. The molecular formula is C20H16Cl2N2O2. The SMILES string of the molecule is O=c1nc2n(c3c(Cl)cc(Cl)cc13)Cc1ccccc1C21CCOCC1. The van der Waals surface area contributed by atoms with Gasteiger partial charge in [0.05, 0.1) is 21.3 Å². The number of nitrogens with zero attached hydrogens (tertiary/aromatic N) is 2. The number of fused-ring (bicyclic) bond motifs is 6. The van der Waals surface area contributed by atoms with E-state index in [1.807, 2.05) is 6.07 Å². The van der Waals surface area contributed by atoms with Gasteiger partial charge in [0.25, 0.3) is 5.56 Å². The van der Waals surface area contributed by atoms with Crippen LogP contribution >= 0.6 is 23.2 Å². The summed E-state index contributed by atoms with van der Waals surface area (Å²) in [6, 6.07) is 11.7. The largest absolute Gasteiger partial charge is 0.381 e. The Balaban J connectivity index is 1.91. The van der Waals surface area contributed by atoms with Crippen LogP contribution < -0.4 is 5.56 Å². The molecule has 5 rings (SSSR count). The van der Waals surface area contributed by atoms with Crippen molar-refractivity contribution in [1.82, 2.24) is 9.55 Å². The normalized spacial score (nSPS) is 17.9. The molecule has 0 amide bonds. The third kappa shape index (κ3) is 2.19. The predicted molar refractivity (Wildman–Crippen MR) is 102 cm³/mol. The second-order valence-corrected chi connectivity index (χ2v) is 7.81. The maximum absolute atomic E-state index is 12.8. The highest BCUT2D eigenvalue weighted by Gasteiger charge is 2.44. The first-order valence-corrected chi connectivity index (χ1v) is 9.42. The van der Waals surface area contributed by atoms with E-state index in [0.29, 0.717) is 40.7 Å². The first kappa shape index (κ1) is 16.3. The second kappa shape index (κ2) is 5.81. The molecule has 2 aliphatic heterocycles. The summed E-state index contributed by atoms with van der Waals surface area (Å²) in [7, 11) is 0. The van der Waals surface area contributed by atoms with Crippen LogP contribution in [-0.4, -0.2) is 22.8 Å². The van der Waals surface area contributed by atoms with Crippen LogP contribution in [0.15, 0.2) is 41.2 Å². The third-order valence-electron chi connectivity index (χ3n) is 5.63. The summed E-state index contributed by atoms with van der Waals surface area (Å²) in [5, 5.41) is 1.39. The van der Waals surface area contributed by atoms with Crippen LogP contribution in [0.4, 0.5) is 0 Å². The smallest absolute Gasteiger partial charge is 0.280 e. The number of aromatic nitrogens is 2. The highest BCUT2D eigenvalue weighted by Crippen LogP contribution is 2.45. The van der Waals surface area contributed by atoms with Crippen molar-refractivity contribution in [3.8, 4) is 0 Å². The number of rotatable bonds is 0. The van der Waals surface area contributed by atoms with Gasteiger partial charge in [-0.1, -0.05) is 47.5 Å². The fourth-order valence-corrected chi connectivity index (χ4v) is 5.07. The molecule has 0 atom stereocenters. The van der Waals surface area contributed by atoms with Crippen molar-refractivity contribution in [2.45, 2.75) is 24.8 Å².